The van der Waals surface area contributed by atoms with Crippen LogP contribution in [-0.2, 0) is 29.6 Å². The van der Waals surface area contributed by atoms with Crippen LogP contribution in [0.25, 0.3) is 21.5 Å². The molecule has 0 saturated heterocycles. The first-order valence-electron chi connectivity index (χ1n) is 8.09. The van der Waals surface area contributed by atoms with Gasteiger partial charge < -0.3 is 9.26 Å². The van der Waals surface area contributed by atoms with Gasteiger partial charge in [0, 0.05) is 12.4 Å². The fourth-order valence-corrected chi connectivity index (χ4v) is 3.31. The Kier molecular flexibility index (Phi) is 4.51. The van der Waals surface area contributed by atoms with Gasteiger partial charge in [-0.15, -0.1) is 11.3 Å². The van der Waals surface area contributed by atoms with Gasteiger partial charge in [-0.3, -0.25) is 9.59 Å². The molecule has 0 aliphatic carbocycles. The third kappa shape index (κ3) is 3.49. The van der Waals surface area contributed by atoms with Crippen molar-refractivity contribution < 1.29 is 14.1 Å². The van der Waals surface area contributed by atoms with E-state index in [9.17, 15) is 9.59 Å². The standard InChI is InChI=1S/C18H14N4O4S/c1-22-18(24)12-6-3-2-5-11(12)13(20-22)9-16(23)25-10-15-19-17(21-26-15)14-7-4-8-27-14/h2-8H,9-10H2,1H3. The number of benzene rings is 1. The second kappa shape index (κ2) is 7.12. The highest BCUT2D eigenvalue weighted by Gasteiger charge is 2.15. The van der Waals surface area contributed by atoms with Gasteiger partial charge in [0.05, 0.1) is 22.4 Å². The molecule has 0 saturated carbocycles. The molecule has 0 radical (unpaired) electrons. The van der Waals surface area contributed by atoms with E-state index in [0.717, 1.165) is 4.88 Å². The van der Waals surface area contributed by atoms with Gasteiger partial charge in [-0.2, -0.15) is 10.1 Å². The van der Waals surface area contributed by atoms with E-state index < -0.39 is 5.97 Å². The van der Waals surface area contributed by atoms with Crippen LogP contribution in [-0.4, -0.2) is 25.9 Å². The van der Waals surface area contributed by atoms with Crippen molar-refractivity contribution in [1.29, 1.82) is 0 Å². The Balaban J connectivity index is 1.47. The monoisotopic (exact) mass is 382 g/mol. The van der Waals surface area contributed by atoms with Crippen molar-refractivity contribution in [3.63, 3.8) is 0 Å². The molecule has 4 aromatic rings. The smallest absolute Gasteiger partial charge is 0.312 e. The van der Waals surface area contributed by atoms with Gasteiger partial charge in [0.15, 0.2) is 6.61 Å². The number of carbonyl (C=O) groups is 1. The number of nitrogens with zero attached hydrogens (tertiary/aromatic N) is 4. The van der Waals surface area contributed by atoms with Gasteiger partial charge in [-0.25, -0.2) is 4.68 Å². The Bertz CT molecular complexity index is 1160. The minimum Gasteiger partial charge on any atom is -0.455 e. The van der Waals surface area contributed by atoms with Gasteiger partial charge in [0.25, 0.3) is 11.4 Å². The summed E-state index contributed by atoms with van der Waals surface area (Å²) in [4.78, 5) is 29.4. The second-order valence-corrected chi connectivity index (χ2v) is 6.70. The first-order chi connectivity index (χ1) is 13.1. The van der Waals surface area contributed by atoms with Crippen molar-refractivity contribution in [1.82, 2.24) is 19.9 Å². The minimum atomic E-state index is -0.498. The molecule has 0 amide bonds. The summed E-state index contributed by atoms with van der Waals surface area (Å²) in [5, 5.41) is 11.1. The maximum Gasteiger partial charge on any atom is 0.312 e. The molecular formula is C18H14N4O4S. The van der Waals surface area contributed by atoms with Crippen LogP contribution >= 0.6 is 11.3 Å². The molecule has 3 aromatic heterocycles. The number of fused-ring (bicyclic) bond motifs is 1. The van der Waals surface area contributed by atoms with Gasteiger partial charge in [0.1, 0.15) is 0 Å². The van der Waals surface area contributed by atoms with E-state index in [1.165, 1.54) is 16.0 Å². The summed E-state index contributed by atoms with van der Waals surface area (Å²) in [5.41, 5.74) is 0.261. The van der Waals surface area contributed by atoms with Crippen LogP contribution in [0.4, 0.5) is 0 Å². The number of ether oxygens (including phenoxy) is 1. The van der Waals surface area contributed by atoms with Gasteiger partial charge >= 0.3 is 5.97 Å². The van der Waals surface area contributed by atoms with E-state index in [1.807, 2.05) is 17.5 Å². The maximum atomic E-state index is 12.2. The third-order valence-electron chi connectivity index (χ3n) is 3.91. The van der Waals surface area contributed by atoms with E-state index in [2.05, 4.69) is 15.2 Å². The Morgan fingerprint density at radius 3 is 2.81 bits per heavy atom. The van der Waals surface area contributed by atoms with Crippen molar-refractivity contribution >= 4 is 28.1 Å². The zero-order valence-corrected chi connectivity index (χ0v) is 15.1. The zero-order chi connectivity index (χ0) is 18.8. The quantitative estimate of drug-likeness (QED) is 0.488. The molecule has 27 heavy (non-hydrogen) atoms. The summed E-state index contributed by atoms with van der Waals surface area (Å²) in [5.74, 6) is 0.175. The number of thiophene rings is 1. The number of esters is 1. The van der Waals surface area contributed by atoms with E-state index in [-0.39, 0.29) is 24.5 Å². The lowest BCUT2D eigenvalue weighted by molar-refractivity contribution is -0.144. The molecule has 1 aromatic carbocycles. The lowest BCUT2D eigenvalue weighted by atomic mass is 10.1. The Morgan fingerprint density at radius 1 is 1.22 bits per heavy atom. The summed E-state index contributed by atoms with van der Waals surface area (Å²) in [7, 11) is 1.55. The summed E-state index contributed by atoms with van der Waals surface area (Å²) >= 11 is 1.49. The van der Waals surface area contributed by atoms with E-state index in [1.54, 1.807) is 31.3 Å². The van der Waals surface area contributed by atoms with Crippen molar-refractivity contribution in [3.8, 4) is 10.7 Å². The van der Waals surface area contributed by atoms with Crippen molar-refractivity contribution in [2.45, 2.75) is 13.0 Å². The van der Waals surface area contributed by atoms with Crippen molar-refractivity contribution in [3.05, 3.63) is 63.7 Å². The molecule has 8 nitrogen and oxygen atoms in total. The summed E-state index contributed by atoms with van der Waals surface area (Å²) in [6.45, 7) is -0.124. The molecule has 0 bridgehead atoms. The Hall–Kier alpha value is -3.33. The normalized spacial score (nSPS) is 11.0. The van der Waals surface area contributed by atoms with Crippen LogP contribution in [0.15, 0.2) is 51.1 Å². The highest BCUT2D eigenvalue weighted by Crippen LogP contribution is 2.21. The summed E-state index contributed by atoms with van der Waals surface area (Å²) in [6.07, 6.45) is -0.0689. The highest BCUT2D eigenvalue weighted by molar-refractivity contribution is 7.13. The zero-order valence-electron chi connectivity index (χ0n) is 14.3. The third-order valence-corrected chi connectivity index (χ3v) is 4.78. The first-order valence-corrected chi connectivity index (χ1v) is 8.97. The molecule has 0 atom stereocenters. The number of carbonyl (C=O) groups excluding carboxylic acids is 1. The van der Waals surface area contributed by atoms with Crippen molar-refractivity contribution in [2.24, 2.45) is 7.05 Å². The molecular weight excluding hydrogens is 368 g/mol. The van der Waals surface area contributed by atoms with Gasteiger partial charge in [-0.05, 0) is 17.5 Å². The highest BCUT2D eigenvalue weighted by atomic mass is 32.1. The summed E-state index contributed by atoms with van der Waals surface area (Å²) in [6, 6.07) is 10.8. The van der Waals surface area contributed by atoms with E-state index in [4.69, 9.17) is 9.26 Å². The van der Waals surface area contributed by atoms with Crippen LogP contribution in [0.2, 0.25) is 0 Å². The lowest BCUT2D eigenvalue weighted by Gasteiger charge is -2.07. The molecule has 136 valence electrons. The lowest BCUT2D eigenvalue weighted by Crippen LogP contribution is -2.22. The predicted octanol–water partition coefficient (Wildman–Crippen LogP) is 2.33. The van der Waals surface area contributed by atoms with Crippen LogP contribution in [0, 0.1) is 0 Å². The van der Waals surface area contributed by atoms with E-state index >= 15 is 0 Å². The topological polar surface area (TPSA) is 100 Å². The SMILES string of the molecule is Cn1nc(CC(=O)OCc2nc(-c3cccs3)no2)c2ccccc2c1=O. The second-order valence-electron chi connectivity index (χ2n) is 5.75. The number of rotatable bonds is 5. The van der Waals surface area contributed by atoms with Crippen LogP contribution in [0.3, 0.4) is 0 Å². The van der Waals surface area contributed by atoms with Crippen LogP contribution in [0.1, 0.15) is 11.6 Å². The number of hydrogen-bond donors (Lipinski definition) is 0. The fraction of sp³-hybridized carbons (Fsp3) is 0.167. The summed E-state index contributed by atoms with van der Waals surface area (Å²) < 4.78 is 11.5. The number of aromatic nitrogens is 4. The number of aryl methyl sites for hydroxylation is 1. The van der Waals surface area contributed by atoms with Crippen LogP contribution in [0.5, 0.6) is 0 Å². The molecule has 0 fully saturated rings. The molecule has 0 aliphatic heterocycles. The maximum absolute atomic E-state index is 12.2. The molecule has 0 unspecified atom stereocenters. The van der Waals surface area contributed by atoms with Crippen LogP contribution < -0.4 is 5.56 Å². The molecule has 0 aliphatic rings. The fourth-order valence-electron chi connectivity index (χ4n) is 2.66. The first kappa shape index (κ1) is 17.1. The number of hydrogen-bond acceptors (Lipinski definition) is 8. The minimum absolute atomic E-state index is 0.0689. The molecule has 0 N–H and O–H groups in total. The van der Waals surface area contributed by atoms with Gasteiger partial charge in [-0.1, -0.05) is 29.4 Å². The molecule has 3 heterocycles. The molecule has 0 spiro atoms. The molecule has 4 rings (SSSR count). The average Bonchev–Trinajstić information content (AvgIpc) is 3.36. The Morgan fingerprint density at radius 2 is 2.04 bits per heavy atom. The van der Waals surface area contributed by atoms with E-state index in [0.29, 0.717) is 22.3 Å². The van der Waals surface area contributed by atoms with Crippen molar-refractivity contribution in [2.75, 3.05) is 0 Å². The van der Waals surface area contributed by atoms with Gasteiger partial charge in [0.2, 0.25) is 5.82 Å². The predicted molar refractivity (Wildman–Crippen MR) is 98.1 cm³/mol. The average molecular weight is 382 g/mol. The largest absolute Gasteiger partial charge is 0.455 e. The Labute approximate surface area is 157 Å². The molecule has 9 heteroatoms.